The maximum Gasteiger partial charge on any atom is 0.229 e. The lowest BCUT2D eigenvalue weighted by atomic mass is 10.0. The van der Waals surface area contributed by atoms with Crippen molar-refractivity contribution in [2.45, 2.75) is 38.7 Å². The molecule has 0 heterocycles. The number of anilines is 1. The summed E-state index contributed by atoms with van der Waals surface area (Å²) >= 11 is 0. The van der Waals surface area contributed by atoms with Crippen LogP contribution in [0.1, 0.15) is 38.2 Å². The van der Waals surface area contributed by atoms with Gasteiger partial charge in [-0.2, -0.15) is 0 Å². The van der Waals surface area contributed by atoms with Gasteiger partial charge in [0.15, 0.2) is 0 Å². The van der Waals surface area contributed by atoms with Crippen molar-refractivity contribution >= 4 is 15.7 Å². The van der Waals surface area contributed by atoms with E-state index in [4.69, 9.17) is 4.74 Å². The Hall–Kier alpha value is -1.23. The van der Waals surface area contributed by atoms with Crippen LogP contribution in [0.3, 0.4) is 0 Å². The quantitative estimate of drug-likeness (QED) is 0.894. The van der Waals surface area contributed by atoms with Gasteiger partial charge in [0.2, 0.25) is 10.0 Å². The molecule has 0 aromatic heterocycles. The zero-order valence-corrected chi connectivity index (χ0v) is 11.8. The molecule has 1 saturated carbocycles. The van der Waals surface area contributed by atoms with Crippen LogP contribution in [-0.2, 0) is 10.0 Å². The summed E-state index contributed by atoms with van der Waals surface area (Å²) in [7, 11) is -3.25. The van der Waals surface area contributed by atoms with Gasteiger partial charge in [0.25, 0.3) is 0 Å². The predicted molar refractivity (Wildman–Crippen MR) is 72.6 cm³/mol. The van der Waals surface area contributed by atoms with Crippen molar-refractivity contribution < 1.29 is 13.2 Å². The molecule has 1 aliphatic carbocycles. The summed E-state index contributed by atoms with van der Waals surface area (Å²) in [6.07, 6.45) is 3.73. The molecule has 0 amide bonds. The van der Waals surface area contributed by atoms with E-state index in [1.807, 2.05) is 26.0 Å². The number of ether oxygens (including phenoxy) is 1. The van der Waals surface area contributed by atoms with Gasteiger partial charge in [0, 0.05) is 0 Å². The van der Waals surface area contributed by atoms with Crippen molar-refractivity contribution in [1.82, 2.24) is 0 Å². The molecule has 0 spiro atoms. The van der Waals surface area contributed by atoms with Gasteiger partial charge in [0.05, 0.1) is 18.0 Å². The van der Waals surface area contributed by atoms with Crippen molar-refractivity contribution in [2.75, 3.05) is 11.0 Å². The predicted octanol–water partition coefficient (Wildman–Crippen LogP) is 2.72. The summed E-state index contributed by atoms with van der Waals surface area (Å²) in [4.78, 5) is 0. The Morgan fingerprint density at radius 2 is 2.00 bits per heavy atom. The largest absolute Gasteiger partial charge is 0.490 e. The number of hydrogen-bond donors (Lipinski definition) is 1. The molecule has 1 aromatic carbocycles. The Labute approximate surface area is 108 Å². The average Bonchev–Trinajstić information content (AvgIpc) is 3.01. The molecule has 100 valence electrons. The van der Waals surface area contributed by atoms with E-state index >= 15 is 0 Å². The van der Waals surface area contributed by atoms with Crippen molar-refractivity contribution in [2.24, 2.45) is 0 Å². The lowest BCUT2D eigenvalue weighted by molar-refractivity contribution is 0.303. The fourth-order valence-corrected chi connectivity index (χ4v) is 2.35. The Bertz CT molecular complexity index is 533. The summed E-state index contributed by atoms with van der Waals surface area (Å²) < 4.78 is 30.9. The van der Waals surface area contributed by atoms with Gasteiger partial charge in [-0.25, -0.2) is 8.42 Å². The smallest absolute Gasteiger partial charge is 0.229 e. The molecule has 0 aliphatic heterocycles. The van der Waals surface area contributed by atoms with Crippen molar-refractivity contribution in [3.05, 3.63) is 23.8 Å². The molecule has 0 unspecified atom stereocenters. The second-order valence-electron chi connectivity index (χ2n) is 5.10. The Kier molecular flexibility index (Phi) is 3.52. The van der Waals surface area contributed by atoms with E-state index in [-0.39, 0.29) is 5.92 Å². The minimum atomic E-state index is -3.25. The molecule has 0 saturated heterocycles. The van der Waals surface area contributed by atoms with E-state index < -0.39 is 10.0 Å². The molecule has 2 rings (SSSR count). The van der Waals surface area contributed by atoms with E-state index in [9.17, 15) is 8.42 Å². The van der Waals surface area contributed by atoms with Gasteiger partial charge < -0.3 is 4.74 Å². The van der Waals surface area contributed by atoms with Gasteiger partial charge in [0.1, 0.15) is 5.75 Å². The standard InChI is InChI=1S/C13H19NO3S/c1-9(2)12-8-11(17-10-4-5-10)6-7-13(12)14-18(3,15)16/h6-10,14H,4-5H2,1-3H3. The minimum absolute atomic E-state index is 0.233. The summed E-state index contributed by atoms with van der Waals surface area (Å²) in [5, 5.41) is 0. The fourth-order valence-electron chi connectivity index (χ4n) is 1.76. The van der Waals surface area contributed by atoms with Crippen LogP contribution in [0.5, 0.6) is 5.75 Å². The maximum absolute atomic E-state index is 11.3. The lowest BCUT2D eigenvalue weighted by Crippen LogP contribution is -2.12. The normalized spacial score (nSPS) is 15.8. The molecule has 5 heteroatoms. The van der Waals surface area contributed by atoms with E-state index in [0.29, 0.717) is 11.8 Å². The van der Waals surface area contributed by atoms with E-state index in [1.54, 1.807) is 6.07 Å². The monoisotopic (exact) mass is 269 g/mol. The van der Waals surface area contributed by atoms with Crippen LogP contribution in [0.15, 0.2) is 18.2 Å². The first-order valence-electron chi connectivity index (χ1n) is 6.13. The average molecular weight is 269 g/mol. The van der Waals surface area contributed by atoms with Gasteiger partial charge in [-0.05, 0) is 42.5 Å². The fraction of sp³-hybridized carbons (Fsp3) is 0.538. The third-order valence-corrected chi connectivity index (χ3v) is 3.36. The SMILES string of the molecule is CC(C)c1cc(OC2CC2)ccc1NS(C)(=O)=O. The third kappa shape index (κ3) is 3.63. The van der Waals surface area contributed by atoms with Crippen LogP contribution in [-0.4, -0.2) is 20.8 Å². The van der Waals surface area contributed by atoms with Gasteiger partial charge >= 0.3 is 0 Å². The Morgan fingerprint density at radius 3 is 2.50 bits per heavy atom. The number of hydrogen-bond acceptors (Lipinski definition) is 3. The zero-order chi connectivity index (χ0) is 13.3. The molecule has 18 heavy (non-hydrogen) atoms. The molecule has 1 aromatic rings. The molecule has 0 atom stereocenters. The number of rotatable bonds is 5. The highest BCUT2D eigenvalue weighted by molar-refractivity contribution is 7.92. The molecule has 4 nitrogen and oxygen atoms in total. The highest BCUT2D eigenvalue weighted by Gasteiger charge is 2.24. The van der Waals surface area contributed by atoms with Crippen LogP contribution in [0.25, 0.3) is 0 Å². The molecule has 0 radical (unpaired) electrons. The third-order valence-electron chi connectivity index (χ3n) is 2.77. The highest BCUT2D eigenvalue weighted by atomic mass is 32.2. The van der Waals surface area contributed by atoms with E-state index in [2.05, 4.69) is 4.72 Å². The summed E-state index contributed by atoms with van der Waals surface area (Å²) in [5.41, 5.74) is 1.59. The van der Waals surface area contributed by atoms with Crippen molar-refractivity contribution in [3.8, 4) is 5.75 Å². The lowest BCUT2D eigenvalue weighted by Gasteiger charge is -2.15. The molecular formula is C13H19NO3S. The van der Waals surface area contributed by atoms with Gasteiger partial charge in [-0.3, -0.25) is 4.72 Å². The van der Waals surface area contributed by atoms with Gasteiger partial charge in [-0.15, -0.1) is 0 Å². The van der Waals surface area contributed by atoms with Crippen molar-refractivity contribution in [3.63, 3.8) is 0 Å². The summed E-state index contributed by atoms with van der Waals surface area (Å²) in [5.74, 6) is 1.05. The van der Waals surface area contributed by atoms with Crippen LogP contribution in [0.2, 0.25) is 0 Å². The second kappa shape index (κ2) is 4.80. The van der Waals surface area contributed by atoms with Crippen LogP contribution in [0, 0.1) is 0 Å². The van der Waals surface area contributed by atoms with Crippen LogP contribution in [0.4, 0.5) is 5.69 Å². The first-order valence-corrected chi connectivity index (χ1v) is 8.02. The van der Waals surface area contributed by atoms with E-state index in [1.165, 1.54) is 0 Å². The molecule has 0 bridgehead atoms. The Morgan fingerprint density at radius 1 is 1.33 bits per heavy atom. The maximum atomic E-state index is 11.3. The number of benzene rings is 1. The van der Waals surface area contributed by atoms with E-state index in [0.717, 1.165) is 30.4 Å². The number of nitrogens with one attached hydrogen (secondary N) is 1. The topological polar surface area (TPSA) is 55.4 Å². The Balaban J connectivity index is 2.28. The summed E-state index contributed by atoms with van der Waals surface area (Å²) in [6, 6.07) is 5.52. The number of sulfonamides is 1. The highest BCUT2D eigenvalue weighted by Crippen LogP contribution is 2.32. The molecule has 1 fully saturated rings. The zero-order valence-electron chi connectivity index (χ0n) is 10.9. The molecule has 1 N–H and O–H groups in total. The van der Waals surface area contributed by atoms with Crippen LogP contribution < -0.4 is 9.46 Å². The van der Waals surface area contributed by atoms with Crippen molar-refractivity contribution in [1.29, 1.82) is 0 Å². The second-order valence-corrected chi connectivity index (χ2v) is 6.84. The van der Waals surface area contributed by atoms with Crippen LogP contribution >= 0.6 is 0 Å². The summed E-state index contributed by atoms with van der Waals surface area (Å²) in [6.45, 7) is 4.06. The molecular weight excluding hydrogens is 250 g/mol. The first kappa shape index (κ1) is 13.2. The minimum Gasteiger partial charge on any atom is -0.490 e. The molecule has 1 aliphatic rings. The first-order chi connectivity index (χ1) is 8.35. The van der Waals surface area contributed by atoms with Gasteiger partial charge in [-0.1, -0.05) is 13.8 Å².